The summed E-state index contributed by atoms with van der Waals surface area (Å²) in [7, 11) is 0. The van der Waals surface area contributed by atoms with Crippen LogP contribution in [0.4, 0.5) is 13.2 Å². The fourth-order valence-corrected chi connectivity index (χ4v) is 2.69. The Morgan fingerprint density at radius 3 is 2.14 bits per heavy atom. The van der Waals surface area contributed by atoms with Crippen LogP contribution in [-0.4, -0.2) is 5.11 Å². The molecule has 5 heteroatoms. The van der Waals surface area contributed by atoms with E-state index in [0.29, 0.717) is 16.5 Å². The number of alkyl halides is 3. The molecule has 1 nitrogen and oxygen atoms in total. The van der Waals surface area contributed by atoms with E-state index in [2.05, 4.69) is 15.9 Å². The van der Waals surface area contributed by atoms with E-state index in [0.717, 1.165) is 22.0 Å². The number of halogens is 4. The third kappa shape index (κ3) is 2.81. The summed E-state index contributed by atoms with van der Waals surface area (Å²) in [6, 6.07) is 13.8. The second-order valence-corrected chi connectivity index (χ2v) is 5.85. The summed E-state index contributed by atoms with van der Waals surface area (Å²) < 4.78 is 38.6. The highest BCUT2D eigenvalue weighted by Gasteiger charge is 2.29. The van der Waals surface area contributed by atoms with Crippen LogP contribution in [0.15, 0.2) is 59.1 Å². The maximum atomic E-state index is 12.6. The molecule has 0 heterocycles. The van der Waals surface area contributed by atoms with Crippen LogP contribution in [0.5, 0.6) is 5.75 Å². The summed E-state index contributed by atoms with van der Waals surface area (Å²) in [4.78, 5) is 0. The molecule has 1 N–H and O–H groups in total. The van der Waals surface area contributed by atoms with Crippen molar-refractivity contribution in [2.75, 3.05) is 0 Å². The zero-order valence-electron chi connectivity index (χ0n) is 11.2. The first-order valence-corrected chi connectivity index (χ1v) is 7.24. The van der Waals surface area contributed by atoms with E-state index < -0.39 is 11.7 Å². The monoisotopic (exact) mass is 366 g/mol. The van der Waals surface area contributed by atoms with Gasteiger partial charge in [0.15, 0.2) is 0 Å². The number of rotatable bonds is 1. The van der Waals surface area contributed by atoms with Gasteiger partial charge >= 0.3 is 6.18 Å². The van der Waals surface area contributed by atoms with Crippen molar-refractivity contribution in [2.24, 2.45) is 0 Å². The van der Waals surface area contributed by atoms with Crippen LogP contribution in [0.1, 0.15) is 5.56 Å². The molecule has 0 spiro atoms. The molecule has 22 heavy (non-hydrogen) atoms. The maximum Gasteiger partial charge on any atom is 0.416 e. The number of phenolic OH excluding ortho intramolecular Hbond substituents is 1. The third-order valence-electron chi connectivity index (χ3n) is 3.44. The van der Waals surface area contributed by atoms with E-state index >= 15 is 0 Å². The van der Waals surface area contributed by atoms with Crippen LogP contribution in [0.25, 0.3) is 21.9 Å². The summed E-state index contributed by atoms with van der Waals surface area (Å²) >= 11 is 3.34. The van der Waals surface area contributed by atoms with Crippen molar-refractivity contribution in [2.45, 2.75) is 6.18 Å². The minimum atomic E-state index is -4.35. The van der Waals surface area contributed by atoms with E-state index in [1.54, 1.807) is 12.1 Å². The van der Waals surface area contributed by atoms with Crippen LogP contribution in [0.2, 0.25) is 0 Å². The second-order valence-electron chi connectivity index (χ2n) is 4.94. The van der Waals surface area contributed by atoms with E-state index in [1.807, 2.05) is 18.2 Å². The lowest BCUT2D eigenvalue weighted by atomic mass is 9.99. The molecule has 0 atom stereocenters. The highest BCUT2D eigenvalue weighted by molar-refractivity contribution is 9.10. The molecule has 3 aromatic rings. The molecule has 0 fully saturated rings. The predicted molar refractivity (Wildman–Crippen MR) is 83.8 cm³/mol. The Bertz CT molecular complexity index is 839. The molecule has 0 saturated heterocycles. The Labute approximate surface area is 133 Å². The van der Waals surface area contributed by atoms with E-state index in [9.17, 15) is 18.3 Å². The minimum Gasteiger partial charge on any atom is -0.507 e. The van der Waals surface area contributed by atoms with Crippen molar-refractivity contribution >= 4 is 26.7 Å². The van der Waals surface area contributed by atoms with E-state index in [-0.39, 0.29) is 5.75 Å². The maximum absolute atomic E-state index is 12.6. The van der Waals surface area contributed by atoms with Crippen LogP contribution in [0, 0.1) is 0 Å². The Morgan fingerprint density at radius 2 is 1.50 bits per heavy atom. The van der Waals surface area contributed by atoms with Gasteiger partial charge in [-0.25, -0.2) is 0 Å². The number of hydrogen-bond acceptors (Lipinski definition) is 1. The molecule has 0 aliphatic rings. The average Bonchev–Trinajstić information content (AvgIpc) is 2.47. The van der Waals surface area contributed by atoms with Gasteiger partial charge in [0.1, 0.15) is 5.75 Å². The van der Waals surface area contributed by atoms with Crippen molar-refractivity contribution < 1.29 is 18.3 Å². The van der Waals surface area contributed by atoms with Gasteiger partial charge < -0.3 is 5.11 Å². The van der Waals surface area contributed by atoms with Crippen molar-refractivity contribution in [3.05, 3.63) is 64.6 Å². The predicted octanol–water partition coefficient (Wildman–Crippen LogP) is 5.99. The molecule has 112 valence electrons. The summed E-state index contributed by atoms with van der Waals surface area (Å²) in [5, 5.41) is 11.6. The van der Waals surface area contributed by atoms with Crippen LogP contribution < -0.4 is 0 Å². The standard InChI is InChI=1S/C17H10BrF3O/c18-14-6-3-11-7-12(8-16(22)15(11)9-14)10-1-4-13(5-2-10)17(19,20)21/h1-9,22H. The number of fused-ring (bicyclic) bond motifs is 1. The summed E-state index contributed by atoms with van der Waals surface area (Å²) in [5.74, 6) is 0.0914. The highest BCUT2D eigenvalue weighted by atomic mass is 79.9. The second kappa shape index (κ2) is 5.32. The molecule has 0 radical (unpaired) electrons. The first-order chi connectivity index (χ1) is 10.3. The molecule has 0 unspecified atom stereocenters. The van der Waals surface area contributed by atoms with Gasteiger partial charge in [0.2, 0.25) is 0 Å². The van der Waals surface area contributed by atoms with Crippen molar-refractivity contribution in [1.82, 2.24) is 0 Å². The number of phenols is 1. The quantitative estimate of drug-likeness (QED) is 0.560. The number of aromatic hydroxyl groups is 1. The molecule has 0 saturated carbocycles. The van der Waals surface area contributed by atoms with E-state index in [1.165, 1.54) is 12.1 Å². The summed E-state index contributed by atoms with van der Waals surface area (Å²) in [6.07, 6.45) is -4.35. The first-order valence-electron chi connectivity index (χ1n) is 6.44. The lowest BCUT2D eigenvalue weighted by Gasteiger charge is -2.10. The fourth-order valence-electron chi connectivity index (χ4n) is 2.33. The number of hydrogen-bond donors (Lipinski definition) is 1. The summed E-state index contributed by atoms with van der Waals surface area (Å²) in [5.41, 5.74) is 0.597. The SMILES string of the molecule is Oc1cc(-c2ccc(C(F)(F)F)cc2)cc2ccc(Br)cc12. The normalized spacial score (nSPS) is 11.8. The van der Waals surface area contributed by atoms with Crippen molar-refractivity contribution in [3.8, 4) is 16.9 Å². The zero-order chi connectivity index (χ0) is 15.9. The highest BCUT2D eigenvalue weighted by Crippen LogP contribution is 2.35. The van der Waals surface area contributed by atoms with E-state index in [4.69, 9.17) is 0 Å². The zero-order valence-corrected chi connectivity index (χ0v) is 12.7. The van der Waals surface area contributed by atoms with Gasteiger partial charge in [-0.05, 0) is 52.9 Å². The molecule has 0 aliphatic heterocycles. The largest absolute Gasteiger partial charge is 0.507 e. The molecular weight excluding hydrogens is 357 g/mol. The molecule has 0 aliphatic carbocycles. The Morgan fingerprint density at radius 1 is 0.818 bits per heavy atom. The Kier molecular flexibility index (Phi) is 3.60. The van der Waals surface area contributed by atoms with Crippen molar-refractivity contribution in [1.29, 1.82) is 0 Å². The molecular formula is C17H10BrF3O. The van der Waals surface area contributed by atoms with Crippen molar-refractivity contribution in [3.63, 3.8) is 0 Å². The molecule has 3 aromatic carbocycles. The van der Waals surface area contributed by atoms with Gasteiger partial charge in [-0.3, -0.25) is 0 Å². The first kappa shape index (κ1) is 14.9. The van der Waals surface area contributed by atoms with Crippen LogP contribution in [0.3, 0.4) is 0 Å². The molecule has 0 bridgehead atoms. The lowest BCUT2D eigenvalue weighted by Crippen LogP contribution is -2.03. The Balaban J connectivity index is 2.08. The summed E-state index contributed by atoms with van der Waals surface area (Å²) in [6.45, 7) is 0. The van der Waals surface area contributed by atoms with Crippen LogP contribution >= 0.6 is 15.9 Å². The Hall–Kier alpha value is -2.01. The smallest absolute Gasteiger partial charge is 0.416 e. The molecule has 0 amide bonds. The van der Waals surface area contributed by atoms with Gasteiger partial charge in [-0.1, -0.05) is 34.1 Å². The fraction of sp³-hybridized carbons (Fsp3) is 0.0588. The number of benzene rings is 3. The topological polar surface area (TPSA) is 20.2 Å². The lowest BCUT2D eigenvalue weighted by molar-refractivity contribution is -0.137. The average molecular weight is 367 g/mol. The van der Waals surface area contributed by atoms with Gasteiger partial charge in [0.25, 0.3) is 0 Å². The minimum absolute atomic E-state index is 0.0914. The van der Waals surface area contributed by atoms with Gasteiger partial charge in [-0.2, -0.15) is 13.2 Å². The third-order valence-corrected chi connectivity index (χ3v) is 3.93. The van der Waals surface area contributed by atoms with Gasteiger partial charge in [-0.15, -0.1) is 0 Å². The van der Waals surface area contributed by atoms with Gasteiger partial charge in [0.05, 0.1) is 5.56 Å². The van der Waals surface area contributed by atoms with Gasteiger partial charge in [0, 0.05) is 9.86 Å². The molecule has 0 aromatic heterocycles. The molecule has 3 rings (SSSR count). The van der Waals surface area contributed by atoms with Crippen LogP contribution in [-0.2, 0) is 6.18 Å².